The predicted molar refractivity (Wildman–Crippen MR) is 85.4 cm³/mol. The molecule has 114 valence electrons. The number of nitrogens with zero attached hydrogens (tertiary/aromatic N) is 3. The van der Waals surface area contributed by atoms with Crippen LogP contribution in [0.1, 0.15) is 12.0 Å². The summed E-state index contributed by atoms with van der Waals surface area (Å²) >= 11 is 0. The van der Waals surface area contributed by atoms with E-state index in [0.717, 1.165) is 22.5 Å². The largest absolute Gasteiger partial charge is 0.369 e. The van der Waals surface area contributed by atoms with Gasteiger partial charge in [-0.3, -0.25) is 4.39 Å². The van der Waals surface area contributed by atoms with E-state index < -0.39 is 0 Å². The van der Waals surface area contributed by atoms with Crippen LogP contribution >= 0.6 is 0 Å². The Bertz CT molecular complexity index is 751. The summed E-state index contributed by atoms with van der Waals surface area (Å²) in [7, 11) is 0. The molecule has 1 aromatic carbocycles. The number of fused-ring (bicyclic) bond motifs is 1. The van der Waals surface area contributed by atoms with Gasteiger partial charge in [0, 0.05) is 18.7 Å². The molecular formula is C16H18FN5. The first kappa shape index (κ1) is 14.5. The maximum Gasteiger partial charge on any atom is 0.154 e. The molecule has 0 atom stereocenters. The van der Waals surface area contributed by atoms with E-state index in [1.807, 2.05) is 36.4 Å². The normalized spacial score (nSPS) is 11.0. The Balaban J connectivity index is 1.93. The zero-order valence-electron chi connectivity index (χ0n) is 12.2. The first-order chi connectivity index (χ1) is 10.8. The van der Waals surface area contributed by atoms with E-state index in [1.54, 1.807) is 10.7 Å². The molecule has 0 saturated heterocycles. The first-order valence-electron chi connectivity index (χ1n) is 7.26. The van der Waals surface area contributed by atoms with Gasteiger partial charge in [-0.15, -0.1) is 5.10 Å². The molecule has 0 radical (unpaired) electrons. The number of nitrogens with one attached hydrogen (secondary N) is 1. The van der Waals surface area contributed by atoms with Gasteiger partial charge in [0.25, 0.3) is 0 Å². The summed E-state index contributed by atoms with van der Waals surface area (Å²) in [4.78, 5) is 4.36. The van der Waals surface area contributed by atoms with Gasteiger partial charge in [-0.05, 0) is 24.1 Å². The SMILES string of the molecule is NCc1ccc(-c2cnc3ccc(NCCCF)nn23)cc1. The van der Waals surface area contributed by atoms with Gasteiger partial charge in [0.1, 0.15) is 5.82 Å². The molecular weight excluding hydrogens is 281 g/mol. The summed E-state index contributed by atoms with van der Waals surface area (Å²) in [5, 5.41) is 7.63. The molecule has 0 unspecified atom stereocenters. The molecule has 3 rings (SSSR count). The third kappa shape index (κ3) is 2.92. The van der Waals surface area contributed by atoms with E-state index in [1.165, 1.54) is 0 Å². The molecule has 0 fully saturated rings. The summed E-state index contributed by atoms with van der Waals surface area (Å²) in [6.07, 6.45) is 2.27. The summed E-state index contributed by atoms with van der Waals surface area (Å²) in [6.45, 7) is 0.748. The highest BCUT2D eigenvalue weighted by molar-refractivity contribution is 5.63. The molecule has 0 aliphatic carbocycles. The van der Waals surface area contributed by atoms with Gasteiger partial charge in [0.15, 0.2) is 5.65 Å². The van der Waals surface area contributed by atoms with Gasteiger partial charge in [0.05, 0.1) is 18.6 Å². The van der Waals surface area contributed by atoms with E-state index >= 15 is 0 Å². The third-order valence-electron chi connectivity index (χ3n) is 3.46. The van der Waals surface area contributed by atoms with Gasteiger partial charge < -0.3 is 11.1 Å². The highest BCUT2D eigenvalue weighted by atomic mass is 19.1. The zero-order valence-corrected chi connectivity index (χ0v) is 12.2. The van der Waals surface area contributed by atoms with Gasteiger partial charge in [-0.1, -0.05) is 24.3 Å². The minimum Gasteiger partial charge on any atom is -0.369 e. The molecule has 6 heteroatoms. The van der Waals surface area contributed by atoms with E-state index in [0.29, 0.717) is 25.3 Å². The fourth-order valence-electron chi connectivity index (χ4n) is 2.26. The zero-order chi connectivity index (χ0) is 15.4. The number of nitrogens with two attached hydrogens (primary N) is 1. The average molecular weight is 299 g/mol. The molecule has 22 heavy (non-hydrogen) atoms. The van der Waals surface area contributed by atoms with Crippen LogP contribution in [0.15, 0.2) is 42.6 Å². The van der Waals surface area contributed by atoms with Crippen molar-refractivity contribution in [3.05, 3.63) is 48.2 Å². The Hall–Kier alpha value is -2.47. The minimum absolute atomic E-state index is 0.334. The lowest BCUT2D eigenvalue weighted by molar-refractivity contribution is 0.481. The Morgan fingerprint density at radius 1 is 1.14 bits per heavy atom. The monoisotopic (exact) mass is 299 g/mol. The van der Waals surface area contributed by atoms with E-state index in [2.05, 4.69) is 15.4 Å². The lowest BCUT2D eigenvalue weighted by atomic mass is 10.1. The predicted octanol–water partition coefficient (Wildman–Crippen LogP) is 2.63. The van der Waals surface area contributed by atoms with Crippen LogP contribution < -0.4 is 11.1 Å². The molecule has 0 saturated carbocycles. The summed E-state index contributed by atoms with van der Waals surface area (Å²) in [5.41, 5.74) is 9.41. The molecule has 0 spiro atoms. The van der Waals surface area contributed by atoms with Crippen molar-refractivity contribution < 1.29 is 4.39 Å². The molecule has 0 amide bonds. The Kier molecular flexibility index (Phi) is 4.29. The second kappa shape index (κ2) is 6.53. The van der Waals surface area contributed by atoms with Crippen LogP contribution in [0.3, 0.4) is 0 Å². The van der Waals surface area contributed by atoms with Crippen LogP contribution in [-0.2, 0) is 6.54 Å². The standard InChI is InChI=1S/C16H18FN5/c17-8-1-9-19-15-6-7-16-20-11-14(22(16)21-15)13-4-2-12(10-18)3-5-13/h2-7,11H,1,8-10,18H2,(H,19,21). The minimum atomic E-state index is -0.334. The molecule has 2 heterocycles. The molecule has 3 N–H and O–H groups in total. The van der Waals surface area contributed by atoms with Crippen LogP contribution in [0.5, 0.6) is 0 Å². The second-order valence-corrected chi connectivity index (χ2v) is 5.00. The lowest BCUT2D eigenvalue weighted by Gasteiger charge is -2.06. The third-order valence-corrected chi connectivity index (χ3v) is 3.46. The van der Waals surface area contributed by atoms with Gasteiger partial charge in [-0.25, -0.2) is 9.50 Å². The van der Waals surface area contributed by atoms with Gasteiger partial charge >= 0.3 is 0 Å². The van der Waals surface area contributed by atoms with E-state index in [-0.39, 0.29) is 6.67 Å². The summed E-state index contributed by atoms with van der Waals surface area (Å²) in [6, 6.07) is 11.8. The average Bonchev–Trinajstić information content (AvgIpc) is 2.98. The fourth-order valence-corrected chi connectivity index (χ4v) is 2.26. The van der Waals surface area contributed by atoms with Crippen molar-refractivity contribution >= 4 is 11.5 Å². The summed E-state index contributed by atoms with van der Waals surface area (Å²) in [5.74, 6) is 0.707. The van der Waals surface area contributed by atoms with Crippen LogP contribution in [0.25, 0.3) is 16.9 Å². The number of hydrogen-bond donors (Lipinski definition) is 2. The van der Waals surface area contributed by atoms with Crippen LogP contribution in [0.2, 0.25) is 0 Å². The number of aromatic nitrogens is 3. The van der Waals surface area contributed by atoms with Crippen molar-refractivity contribution in [2.75, 3.05) is 18.5 Å². The molecule has 5 nitrogen and oxygen atoms in total. The number of imidazole rings is 1. The highest BCUT2D eigenvalue weighted by Gasteiger charge is 2.08. The Morgan fingerprint density at radius 3 is 2.68 bits per heavy atom. The quantitative estimate of drug-likeness (QED) is 0.687. The number of halogens is 1. The first-order valence-corrected chi connectivity index (χ1v) is 7.26. The van der Waals surface area contributed by atoms with Crippen molar-refractivity contribution in [2.45, 2.75) is 13.0 Å². The number of benzene rings is 1. The number of hydrogen-bond acceptors (Lipinski definition) is 4. The van der Waals surface area contributed by atoms with Crippen molar-refractivity contribution in [1.82, 2.24) is 14.6 Å². The lowest BCUT2D eigenvalue weighted by Crippen LogP contribution is -2.06. The van der Waals surface area contributed by atoms with Crippen LogP contribution in [-0.4, -0.2) is 27.8 Å². The van der Waals surface area contributed by atoms with Crippen molar-refractivity contribution in [3.8, 4) is 11.3 Å². The maximum atomic E-state index is 12.2. The maximum absolute atomic E-state index is 12.2. The number of alkyl halides is 1. The van der Waals surface area contributed by atoms with Crippen LogP contribution in [0, 0.1) is 0 Å². The molecule has 0 aliphatic heterocycles. The van der Waals surface area contributed by atoms with Gasteiger partial charge in [0.2, 0.25) is 0 Å². The van der Waals surface area contributed by atoms with Crippen molar-refractivity contribution in [1.29, 1.82) is 0 Å². The second-order valence-electron chi connectivity index (χ2n) is 5.00. The number of anilines is 1. The number of rotatable bonds is 6. The molecule has 0 aliphatic rings. The molecule has 0 bridgehead atoms. The fraction of sp³-hybridized carbons (Fsp3) is 0.250. The van der Waals surface area contributed by atoms with Crippen LogP contribution in [0.4, 0.5) is 10.2 Å². The summed E-state index contributed by atoms with van der Waals surface area (Å²) < 4.78 is 13.9. The van der Waals surface area contributed by atoms with Gasteiger partial charge in [-0.2, -0.15) is 0 Å². The highest BCUT2D eigenvalue weighted by Crippen LogP contribution is 2.21. The van der Waals surface area contributed by atoms with E-state index in [4.69, 9.17) is 5.73 Å². The van der Waals surface area contributed by atoms with E-state index in [9.17, 15) is 4.39 Å². The van der Waals surface area contributed by atoms with Crippen molar-refractivity contribution in [2.24, 2.45) is 5.73 Å². The Morgan fingerprint density at radius 2 is 1.95 bits per heavy atom. The van der Waals surface area contributed by atoms with Crippen molar-refractivity contribution in [3.63, 3.8) is 0 Å². The molecule has 2 aromatic heterocycles. The Labute approximate surface area is 128 Å². The molecule has 3 aromatic rings. The smallest absolute Gasteiger partial charge is 0.154 e. The topological polar surface area (TPSA) is 68.2 Å².